The van der Waals surface area contributed by atoms with Crippen LogP contribution < -0.4 is 0 Å². The van der Waals surface area contributed by atoms with Crippen LogP contribution in [0.15, 0.2) is 29.2 Å². The largest absolute Gasteiger partial charge is 0.342 e. The fourth-order valence-electron chi connectivity index (χ4n) is 4.32. The van der Waals surface area contributed by atoms with Crippen LogP contribution in [0, 0.1) is 18.7 Å². The molecular weight excluding hydrogens is 385 g/mol. The molecule has 2 fully saturated rings. The normalized spacial score (nSPS) is 25.7. The molecule has 8 nitrogen and oxygen atoms in total. The van der Waals surface area contributed by atoms with E-state index in [0.717, 1.165) is 6.07 Å². The summed E-state index contributed by atoms with van der Waals surface area (Å²) in [6, 6.07) is 5.04. The van der Waals surface area contributed by atoms with Crippen molar-refractivity contribution in [3.05, 3.63) is 41.7 Å². The number of aromatic nitrogens is 3. The summed E-state index contributed by atoms with van der Waals surface area (Å²) in [5.41, 5.74) is -0.482. The molecular formula is C18H22FN5O3S. The third-order valence-electron chi connectivity index (χ3n) is 5.85. The number of amides is 1. The fraction of sp³-hybridized carbons (Fsp3) is 0.500. The lowest BCUT2D eigenvalue weighted by molar-refractivity contribution is -0.128. The summed E-state index contributed by atoms with van der Waals surface area (Å²) < 4.78 is 41.0. The van der Waals surface area contributed by atoms with Crippen LogP contribution in [0.1, 0.15) is 25.0 Å². The first-order valence-corrected chi connectivity index (χ1v) is 10.6. The molecule has 0 aliphatic carbocycles. The van der Waals surface area contributed by atoms with Crippen molar-refractivity contribution in [1.29, 1.82) is 0 Å². The number of likely N-dealkylation sites (tertiary alicyclic amines) is 1. The van der Waals surface area contributed by atoms with Crippen molar-refractivity contribution in [1.82, 2.24) is 24.4 Å². The minimum atomic E-state index is -3.82. The van der Waals surface area contributed by atoms with Crippen molar-refractivity contribution in [2.24, 2.45) is 5.92 Å². The number of nitrogens with one attached hydrogen (secondary N) is 1. The molecule has 10 heteroatoms. The number of halogens is 1. The van der Waals surface area contributed by atoms with Crippen LogP contribution in [0.25, 0.3) is 0 Å². The van der Waals surface area contributed by atoms with Gasteiger partial charge in [-0.2, -0.15) is 9.40 Å². The van der Waals surface area contributed by atoms with Crippen LogP contribution >= 0.6 is 0 Å². The van der Waals surface area contributed by atoms with E-state index in [1.807, 2.05) is 6.92 Å². The van der Waals surface area contributed by atoms with Gasteiger partial charge < -0.3 is 4.90 Å². The van der Waals surface area contributed by atoms with Gasteiger partial charge in [0.25, 0.3) is 0 Å². The zero-order valence-corrected chi connectivity index (χ0v) is 16.5. The standard InChI is InChI=1S/C18H22FN5O3S/c1-12-20-17(22-21-12)18-6-7-24(10-14(18)9-23(11-18)13(2)25)28(26,27)16-5-3-4-15(19)8-16/h3-5,8,14H,6-7,9-11H2,1-2H3,(H,20,21,22)/t14-,18+/m0/s1. The molecule has 2 aliphatic rings. The molecule has 0 bridgehead atoms. The first-order valence-electron chi connectivity index (χ1n) is 9.13. The number of carbonyl (C=O) groups is 1. The van der Waals surface area contributed by atoms with E-state index in [0.29, 0.717) is 31.2 Å². The SMILES string of the molecule is CC(=O)N1C[C@H]2CN(S(=O)(=O)c3cccc(F)c3)CC[C@@]2(c2n[nH]c(C)n2)C1. The van der Waals surface area contributed by atoms with Gasteiger partial charge in [-0.1, -0.05) is 6.07 Å². The highest BCUT2D eigenvalue weighted by Gasteiger charge is 2.55. The molecule has 0 spiro atoms. The van der Waals surface area contributed by atoms with Gasteiger partial charge in [0, 0.05) is 39.0 Å². The summed E-state index contributed by atoms with van der Waals surface area (Å²) >= 11 is 0. The van der Waals surface area contributed by atoms with Gasteiger partial charge in [0.1, 0.15) is 11.6 Å². The number of sulfonamides is 1. The molecule has 150 valence electrons. The number of H-pyrrole nitrogens is 1. The fourth-order valence-corrected chi connectivity index (χ4v) is 5.84. The monoisotopic (exact) mass is 407 g/mol. The van der Waals surface area contributed by atoms with Crippen molar-refractivity contribution in [3.63, 3.8) is 0 Å². The van der Waals surface area contributed by atoms with Gasteiger partial charge in [0.15, 0.2) is 5.82 Å². The number of rotatable bonds is 3. The van der Waals surface area contributed by atoms with Gasteiger partial charge in [-0.15, -0.1) is 0 Å². The number of aryl methyl sites for hydroxylation is 1. The molecule has 3 heterocycles. The number of hydrogen-bond acceptors (Lipinski definition) is 5. The van der Waals surface area contributed by atoms with Crippen LogP contribution in [0.4, 0.5) is 4.39 Å². The molecule has 1 N–H and O–H groups in total. The Morgan fingerprint density at radius 2 is 2.14 bits per heavy atom. The van der Waals surface area contributed by atoms with Gasteiger partial charge >= 0.3 is 0 Å². The number of benzene rings is 1. The zero-order valence-electron chi connectivity index (χ0n) is 15.7. The van der Waals surface area contributed by atoms with E-state index >= 15 is 0 Å². The molecule has 2 aromatic rings. The second-order valence-electron chi connectivity index (χ2n) is 7.57. The van der Waals surface area contributed by atoms with E-state index in [4.69, 9.17) is 0 Å². The average molecular weight is 407 g/mol. The first-order chi connectivity index (χ1) is 13.2. The number of fused-ring (bicyclic) bond motifs is 1. The topological polar surface area (TPSA) is 99.3 Å². The highest BCUT2D eigenvalue weighted by Crippen LogP contribution is 2.45. The Morgan fingerprint density at radius 1 is 1.36 bits per heavy atom. The van der Waals surface area contributed by atoms with E-state index in [-0.39, 0.29) is 29.8 Å². The second kappa shape index (κ2) is 6.63. The number of hydrogen-bond donors (Lipinski definition) is 1. The summed E-state index contributed by atoms with van der Waals surface area (Å²) in [7, 11) is -3.82. The van der Waals surface area contributed by atoms with E-state index in [9.17, 15) is 17.6 Å². The van der Waals surface area contributed by atoms with E-state index in [2.05, 4.69) is 15.2 Å². The van der Waals surface area contributed by atoms with Gasteiger partial charge in [-0.05, 0) is 31.5 Å². The Labute approximate surface area is 162 Å². The Morgan fingerprint density at radius 3 is 2.79 bits per heavy atom. The molecule has 4 rings (SSSR count). The zero-order chi connectivity index (χ0) is 20.1. The first kappa shape index (κ1) is 19.0. The predicted octanol–water partition coefficient (Wildman–Crippen LogP) is 1.06. The number of nitrogens with zero attached hydrogens (tertiary/aromatic N) is 4. The average Bonchev–Trinajstić information content (AvgIpc) is 3.25. The van der Waals surface area contributed by atoms with Crippen molar-refractivity contribution in [3.8, 4) is 0 Å². The Hall–Kier alpha value is -2.33. The summed E-state index contributed by atoms with van der Waals surface area (Å²) in [4.78, 5) is 18.2. The van der Waals surface area contributed by atoms with Crippen molar-refractivity contribution in [2.75, 3.05) is 26.2 Å². The molecule has 2 saturated heterocycles. The summed E-state index contributed by atoms with van der Waals surface area (Å²) in [6.45, 7) is 4.72. The van der Waals surface area contributed by atoms with Crippen LogP contribution in [-0.4, -0.2) is 64.9 Å². The third-order valence-corrected chi connectivity index (χ3v) is 7.71. The lowest BCUT2D eigenvalue weighted by Crippen LogP contribution is -2.51. The molecule has 0 unspecified atom stereocenters. The van der Waals surface area contributed by atoms with Crippen molar-refractivity contribution < 1.29 is 17.6 Å². The summed E-state index contributed by atoms with van der Waals surface area (Å²) in [6.07, 6.45) is 0.493. The van der Waals surface area contributed by atoms with Crippen molar-refractivity contribution >= 4 is 15.9 Å². The maximum Gasteiger partial charge on any atom is 0.243 e. The maximum absolute atomic E-state index is 13.6. The maximum atomic E-state index is 13.6. The van der Waals surface area contributed by atoms with Gasteiger partial charge in [-0.25, -0.2) is 17.8 Å². The lowest BCUT2D eigenvalue weighted by atomic mass is 9.72. The molecule has 2 atom stereocenters. The van der Waals surface area contributed by atoms with Crippen LogP contribution in [-0.2, 0) is 20.2 Å². The number of piperidine rings is 1. The van der Waals surface area contributed by atoms with Crippen LogP contribution in [0.2, 0.25) is 0 Å². The summed E-state index contributed by atoms with van der Waals surface area (Å²) in [5, 5.41) is 7.18. The van der Waals surface area contributed by atoms with Gasteiger partial charge in [0.05, 0.1) is 10.3 Å². The second-order valence-corrected chi connectivity index (χ2v) is 9.51. The highest BCUT2D eigenvalue weighted by atomic mass is 32.2. The molecule has 2 aliphatic heterocycles. The Kier molecular flexibility index (Phi) is 4.50. The van der Waals surface area contributed by atoms with Gasteiger partial charge in [0.2, 0.25) is 15.9 Å². The summed E-state index contributed by atoms with van der Waals surface area (Å²) in [5.74, 6) is 0.525. The molecule has 0 radical (unpaired) electrons. The van der Waals surface area contributed by atoms with E-state index < -0.39 is 21.3 Å². The quantitative estimate of drug-likeness (QED) is 0.820. The smallest absolute Gasteiger partial charge is 0.243 e. The molecule has 1 amide bonds. The minimum Gasteiger partial charge on any atom is -0.342 e. The van der Waals surface area contributed by atoms with Crippen LogP contribution in [0.3, 0.4) is 0 Å². The van der Waals surface area contributed by atoms with E-state index in [1.165, 1.54) is 29.4 Å². The molecule has 1 aromatic heterocycles. The minimum absolute atomic E-state index is 0.0550. The predicted molar refractivity (Wildman–Crippen MR) is 98.3 cm³/mol. The Bertz CT molecular complexity index is 1020. The van der Waals surface area contributed by atoms with E-state index in [1.54, 1.807) is 4.90 Å². The van der Waals surface area contributed by atoms with Crippen LogP contribution in [0.5, 0.6) is 0 Å². The number of aromatic amines is 1. The highest BCUT2D eigenvalue weighted by molar-refractivity contribution is 7.89. The van der Waals surface area contributed by atoms with Crippen molar-refractivity contribution in [2.45, 2.75) is 30.6 Å². The molecule has 0 saturated carbocycles. The molecule has 28 heavy (non-hydrogen) atoms. The van der Waals surface area contributed by atoms with Gasteiger partial charge in [-0.3, -0.25) is 9.89 Å². The number of carbonyl (C=O) groups excluding carboxylic acids is 1. The molecule has 1 aromatic carbocycles. The Balaban J connectivity index is 1.67. The lowest BCUT2D eigenvalue weighted by Gasteiger charge is -2.40. The third kappa shape index (κ3) is 3.00.